The smallest absolute Gasteiger partial charge is 0.0588 e. The minimum atomic E-state index is 0.183. The molecule has 0 heterocycles. The summed E-state index contributed by atoms with van der Waals surface area (Å²) < 4.78 is 5.15. The molecular formula is C13H27NO2. The van der Waals surface area contributed by atoms with Gasteiger partial charge in [-0.3, -0.25) is 0 Å². The van der Waals surface area contributed by atoms with Crippen molar-refractivity contribution < 1.29 is 9.84 Å². The van der Waals surface area contributed by atoms with E-state index in [4.69, 9.17) is 4.74 Å². The molecule has 16 heavy (non-hydrogen) atoms. The molecule has 1 fully saturated rings. The molecule has 1 aliphatic carbocycles. The maximum Gasteiger partial charge on any atom is 0.0588 e. The Kier molecular flexibility index (Phi) is 7.01. The highest BCUT2D eigenvalue weighted by Crippen LogP contribution is 2.18. The van der Waals surface area contributed by atoms with Crippen LogP contribution in [-0.2, 0) is 4.74 Å². The van der Waals surface area contributed by atoms with Crippen molar-refractivity contribution in [2.45, 2.75) is 57.5 Å². The van der Waals surface area contributed by atoms with Crippen LogP contribution < -0.4 is 5.32 Å². The molecule has 0 saturated heterocycles. The molecule has 96 valence electrons. The van der Waals surface area contributed by atoms with Gasteiger partial charge in [-0.05, 0) is 18.8 Å². The van der Waals surface area contributed by atoms with Crippen molar-refractivity contribution in [2.24, 2.45) is 5.92 Å². The van der Waals surface area contributed by atoms with Crippen LogP contribution in [0.1, 0.15) is 45.4 Å². The van der Waals surface area contributed by atoms with Gasteiger partial charge in [0.15, 0.2) is 0 Å². The number of hydrogen-bond donors (Lipinski definition) is 2. The van der Waals surface area contributed by atoms with E-state index in [-0.39, 0.29) is 12.6 Å². The quantitative estimate of drug-likeness (QED) is 0.684. The van der Waals surface area contributed by atoms with Crippen LogP contribution in [0.15, 0.2) is 0 Å². The van der Waals surface area contributed by atoms with Crippen molar-refractivity contribution >= 4 is 0 Å². The van der Waals surface area contributed by atoms with Crippen molar-refractivity contribution in [2.75, 3.05) is 20.3 Å². The van der Waals surface area contributed by atoms with E-state index in [1.54, 1.807) is 7.11 Å². The van der Waals surface area contributed by atoms with Gasteiger partial charge in [0.2, 0.25) is 0 Å². The van der Waals surface area contributed by atoms with E-state index in [1.807, 2.05) is 0 Å². The Labute approximate surface area is 99.6 Å². The van der Waals surface area contributed by atoms with Gasteiger partial charge >= 0.3 is 0 Å². The molecule has 3 nitrogen and oxygen atoms in total. The average Bonchev–Trinajstić information content (AvgIpc) is 2.54. The second kappa shape index (κ2) is 8.04. The molecule has 0 radical (unpaired) electrons. The molecule has 1 aliphatic rings. The fourth-order valence-electron chi connectivity index (χ4n) is 2.52. The summed E-state index contributed by atoms with van der Waals surface area (Å²) >= 11 is 0. The minimum Gasteiger partial charge on any atom is -0.395 e. The van der Waals surface area contributed by atoms with E-state index in [9.17, 15) is 5.11 Å². The number of aliphatic hydroxyl groups is 1. The molecule has 3 heteroatoms. The monoisotopic (exact) mass is 229 g/mol. The largest absolute Gasteiger partial charge is 0.395 e. The maximum absolute atomic E-state index is 9.41. The summed E-state index contributed by atoms with van der Waals surface area (Å²) in [4.78, 5) is 0. The van der Waals surface area contributed by atoms with Crippen molar-refractivity contribution in [1.82, 2.24) is 5.32 Å². The number of ether oxygens (including phenoxy) is 1. The third kappa shape index (κ3) is 4.81. The van der Waals surface area contributed by atoms with Gasteiger partial charge < -0.3 is 15.2 Å². The van der Waals surface area contributed by atoms with Crippen LogP contribution in [0.5, 0.6) is 0 Å². The van der Waals surface area contributed by atoms with Gasteiger partial charge in [-0.25, -0.2) is 0 Å². The molecule has 0 aromatic carbocycles. The lowest BCUT2D eigenvalue weighted by Gasteiger charge is -2.27. The molecule has 0 aromatic rings. The number of aliphatic hydroxyl groups excluding tert-OH is 1. The first-order valence-corrected chi connectivity index (χ1v) is 6.63. The van der Waals surface area contributed by atoms with Gasteiger partial charge in [0.05, 0.1) is 13.2 Å². The Balaban J connectivity index is 2.35. The lowest BCUT2D eigenvalue weighted by Crippen LogP contribution is -2.45. The highest BCUT2D eigenvalue weighted by Gasteiger charge is 2.20. The molecule has 2 N–H and O–H groups in total. The molecule has 0 aliphatic heterocycles. The van der Waals surface area contributed by atoms with Crippen molar-refractivity contribution in [3.63, 3.8) is 0 Å². The van der Waals surface area contributed by atoms with Crippen molar-refractivity contribution in [1.29, 1.82) is 0 Å². The van der Waals surface area contributed by atoms with E-state index < -0.39 is 0 Å². The van der Waals surface area contributed by atoms with Gasteiger partial charge in [0.1, 0.15) is 0 Å². The molecule has 0 aromatic heterocycles. The van der Waals surface area contributed by atoms with Crippen LogP contribution in [-0.4, -0.2) is 37.5 Å². The Bertz CT molecular complexity index is 167. The zero-order chi connectivity index (χ0) is 11.8. The second-order valence-corrected chi connectivity index (χ2v) is 5.08. The lowest BCUT2D eigenvalue weighted by atomic mass is 10.0. The Morgan fingerprint density at radius 3 is 2.38 bits per heavy atom. The number of hydrogen-bond acceptors (Lipinski definition) is 3. The SMILES string of the molecule is COCC(C)C(CO)NC1CCCCCC1. The standard InChI is InChI=1S/C13H27NO2/c1-11(10-16-2)13(9-15)14-12-7-5-3-4-6-8-12/h11-15H,3-10H2,1-2H3. The summed E-state index contributed by atoms with van der Waals surface area (Å²) in [6.45, 7) is 3.06. The summed E-state index contributed by atoms with van der Waals surface area (Å²) in [6, 6.07) is 0.780. The van der Waals surface area contributed by atoms with Crippen LogP contribution in [0.3, 0.4) is 0 Å². The van der Waals surface area contributed by atoms with Crippen molar-refractivity contribution in [3.8, 4) is 0 Å². The Hall–Kier alpha value is -0.120. The normalized spacial score (nSPS) is 22.7. The highest BCUT2D eigenvalue weighted by molar-refractivity contribution is 4.79. The van der Waals surface area contributed by atoms with Crippen LogP contribution in [0.25, 0.3) is 0 Å². The fraction of sp³-hybridized carbons (Fsp3) is 1.00. The predicted molar refractivity (Wildman–Crippen MR) is 66.5 cm³/mol. The van der Waals surface area contributed by atoms with E-state index in [2.05, 4.69) is 12.2 Å². The topological polar surface area (TPSA) is 41.5 Å². The zero-order valence-corrected chi connectivity index (χ0v) is 10.7. The molecule has 0 bridgehead atoms. The summed E-state index contributed by atoms with van der Waals surface area (Å²) in [7, 11) is 1.72. The van der Waals surface area contributed by atoms with E-state index in [0.29, 0.717) is 18.6 Å². The van der Waals surface area contributed by atoms with Crippen LogP contribution in [0, 0.1) is 5.92 Å². The Morgan fingerprint density at radius 1 is 1.25 bits per heavy atom. The molecule has 1 saturated carbocycles. The number of methoxy groups -OCH3 is 1. The van der Waals surface area contributed by atoms with Crippen LogP contribution in [0.2, 0.25) is 0 Å². The maximum atomic E-state index is 9.41. The van der Waals surface area contributed by atoms with E-state index >= 15 is 0 Å². The van der Waals surface area contributed by atoms with Crippen LogP contribution >= 0.6 is 0 Å². The molecule has 0 amide bonds. The first-order valence-electron chi connectivity index (χ1n) is 6.63. The summed E-state index contributed by atoms with van der Waals surface area (Å²) in [5, 5.41) is 13.0. The third-order valence-corrected chi connectivity index (χ3v) is 3.62. The molecule has 2 unspecified atom stereocenters. The summed E-state index contributed by atoms with van der Waals surface area (Å²) in [6.07, 6.45) is 7.92. The molecule has 2 atom stereocenters. The summed E-state index contributed by atoms with van der Waals surface area (Å²) in [5.41, 5.74) is 0. The molecule has 0 spiro atoms. The highest BCUT2D eigenvalue weighted by atomic mass is 16.5. The first kappa shape index (κ1) is 13.9. The van der Waals surface area contributed by atoms with E-state index in [0.717, 1.165) is 0 Å². The second-order valence-electron chi connectivity index (χ2n) is 5.08. The van der Waals surface area contributed by atoms with Crippen LogP contribution in [0.4, 0.5) is 0 Å². The minimum absolute atomic E-state index is 0.183. The third-order valence-electron chi connectivity index (χ3n) is 3.62. The van der Waals surface area contributed by atoms with Gasteiger partial charge in [0, 0.05) is 19.2 Å². The van der Waals surface area contributed by atoms with Gasteiger partial charge in [-0.1, -0.05) is 32.6 Å². The number of nitrogens with one attached hydrogen (secondary N) is 1. The van der Waals surface area contributed by atoms with Crippen molar-refractivity contribution in [3.05, 3.63) is 0 Å². The lowest BCUT2D eigenvalue weighted by molar-refractivity contribution is 0.108. The van der Waals surface area contributed by atoms with Gasteiger partial charge in [-0.2, -0.15) is 0 Å². The zero-order valence-electron chi connectivity index (χ0n) is 10.7. The fourth-order valence-corrected chi connectivity index (χ4v) is 2.52. The van der Waals surface area contributed by atoms with Gasteiger partial charge in [-0.15, -0.1) is 0 Å². The predicted octanol–water partition coefficient (Wildman–Crippen LogP) is 1.94. The number of rotatable bonds is 6. The molecule has 1 rings (SSSR count). The first-order chi connectivity index (χ1) is 7.77. The molecular weight excluding hydrogens is 202 g/mol. The summed E-state index contributed by atoms with van der Waals surface area (Å²) in [5.74, 6) is 0.373. The van der Waals surface area contributed by atoms with Gasteiger partial charge in [0.25, 0.3) is 0 Å². The van der Waals surface area contributed by atoms with E-state index in [1.165, 1.54) is 38.5 Å². The Morgan fingerprint density at radius 2 is 1.88 bits per heavy atom. The average molecular weight is 229 g/mol.